The van der Waals surface area contributed by atoms with Gasteiger partial charge in [0.25, 0.3) is 5.91 Å². The summed E-state index contributed by atoms with van der Waals surface area (Å²) in [4.78, 5) is 11.9. The highest BCUT2D eigenvalue weighted by Crippen LogP contribution is 2.10. The fraction of sp³-hybridized carbons (Fsp3) is 0.429. The second kappa shape index (κ2) is 6.79. The minimum Gasteiger partial charge on any atom is -0.345 e. The van der Waals surface area contributed by atoms with Crippen LogP contribution in [0.5, 0.6) is 0 Å². The molecule has 0 saturated heterocycles. The predicted octanol–water partition coefficient (Wildman–Crippen LogP) is 1.72. The van der Waals surface area contributed by atoms with Crippen LogP contribution in [-0.4, -0.2) is 26.5 Å². The molecular weight excluding hydrogens is 254 g/mol. The van der Waals surface area contributed by atoms with Crippen LogP contribution >= 0.6 is 0 Å². The van der Waals surface area contributed by atoms with E-state index in [4.69, 9.17) is 0 Å². The number of aryl methyl sites for hydroxylation is 1. The number of carbonyl (C=O) groups excluding carboxylic acids is 1. The highest BCUT2D eigenvalue weighted by Gasteiger charge is 2.07. The van der Waals surface area contributed by atoms with Crippen molar-refractivity contribution in [1.82, 2.24) is 25.9 Å². The van der Waals surface area contributed by atoms with Gasteiger partial charge in [-0.25, -0.2) is 0 Å². The van der Waals surface area contributed by atoms with Crippen molar-refractivity contribution >= 4 is 5.91 Å². The highest BCUT2D eigenvalue weighted by molar-refractivity contribution is 5.94. The summed E-state index contributed by atoms with van der Waals surface area (Å²) in [6, 6.07) is 7.71. The molecule has 6 nitrogen and oxygen atoms in total. The summed E-state index contributed by atoms with van der Waals surface area (Å²) in [6.45, 7) is 4.68. The number of tetrazole rings is 1. The van der Waals surface area contributed by atoms with Crippen LogP contribution in [0.2, 0.25) is 0 Å². The van der Waals surface area contributed by atoms with Crippen LogP contribution in [0.15, 0.2) is 24.3 Å². The lowest BCUT2D eigenvalue weighted by atomic mass is 10.0. The van der Waals surface area contributed by atoms with E-state index in [0.717, 1.165) is 12.8 Å². The highest BCUT2D eigenvalue weighted by atomic mass is 16.1. The number of H-pyrrole nitrogens is 1. The van der Waals surface area contributed by atoms with Crippen molar-refractivity contribution in [3.63, 3.8) is 0 Å². The Balaban J connectivity index is 1.87. The summed E-state index contributed by atoms with van der Waals surface area (Å²) in [5.74, 6) is 1.02. The molecule has 1 aromatic carbocycles. The summed E-state index contributed by atoms with van der Waals surface area (Å²) >= 11 is 0. The molecule has 2 rings (SSSR count). The fourth-order valence-corrected chi connectivity index (χ4v) is 1.80. The molecule has 0 bridgehead atoms. The Morgan fingerprint density at radius 2 is 2.05 bits per heavy atom. The lowest BCUT2D eigenvalue weighted by Gasteiger charge is -2.06. The first kappa shape index (κ1) is 14.2. The lowest BCUT2D eigenvalue weighted by Crippen LogP contribution is -2.23. The molecule has 6 heteroatoms. The van der Waals surface area contributed by atoms with Crippen molar-refractivity contribution in [2.45, 2.75) is 33.2 Å². The molecule has 0 spiro atoms. The van der Waals surface area contributed by atoms with E-state index in [1.165, 1.54) is 5.56 Å². The monoisotopic (exact) mass is 273 g/mol. The van der Waals surface area contributed by atoms with Gasteiger partial charge in [0.15, 0.2) is 5.82 Å². The van der Waals surface area contributed by atoms with Crippen molar-refractivity contribution in [2.24, 2.45) is 5.92 Å². The van der Waals surface area contributed by atoms with Gasteiger partial charge in [-0.2, -0.15) is 5.21 Å². The number of rotatable bonds is 6. The predicted molar refractivity (Wildman–Crippen MR) is 74.9 cm³/mol. The standard InChI is InChI=1S/C14H19N5O/c1-10(2)3-4-11-5-7-12(8-6-11)14(20)15-9-13-16-18-19-17-13/h5-8,10H,3-4,9H2,1-2H3,(H,15,20)(H,16,17,18,19). The molecule has 0 aliphatic heterocycles. The van der Waals surface area contributed by atoms with Gasteiger partial charge in [-0.15, -0.1) is 10.2 Å². The Hall–Kier alpha value is -2.24. The summed E-state index contributed by atoms with van der Waals surface area (Å²) in [7, 11) is 0. The molecule has 0 aliphatic carbocycles. The average Bonchev–Trinajstić information content (AvgIpc) is 2.96. The number of amides is 1. The fourth-order valence-electron chi connectivity index (χ4n) is 1.80. The zero-order valence-electron chi connectivity index (χ0n) is 11.8. The number of aromatic amines is 1. The maximum Gasteiger partial charge on any atom is 0.251 e. The van der Waals surface area contributed by atoms with E-state index in [2.05, 4.69) is 39.8 Å². The van der Waals surface area contributed by atoms with Gasteiger partial charge in [0.1, 0.15) is 0 Å². The van der Waals surface area contributed by atoms with E-state index >= 15 is 0 Å². The largest absolute Gasteiger partial charge is 0.345 e. The number of nitrogens with zero attached hydrogens (tertiary/aromatic N) is 3. The summed E-state index contributed by atoms with van der Waals surface area (Å²) in [5, 5.41) is 16.1. The molecule has 0 unspecified atom stereocenters. The van der Waals surface area contributed by atoms with Crippen LogP contribution < -0.4 is 5.32 Å². The van der Waals surface area contributed by atoms with Gasteiger partial charge >= 0.3 is 0 Å². The van der Waals surface area contributed by atoms with Gasteiger partial charge in [0.05, 0.1) is 6.54 Å². The van der Waals surface area contributed by atoms with E-state index in [0.29, 0.717) is 17.3 Å². The van der Waals surface area contributed by atoms with E-state index in [1.807, 2.05) is 24.3 Å². The van der Waals surface area contributed by atoms with Crippen LogP contribution in [0.25, 0.3) is 0 Å². The molecule has 0 fully saturated rings. The first-order valence-electron chi connectivity index (χ1n) is 6.74. The summed E-state index contributed by atoms with van der Waals surface area (Å²) < 4.78 is 0. The van der Waals surface area contributed by atoms with Gasteiger partial charge < -0.3 is 5.32 Å². The lowest BCUT2D eigenvalue weighted by molar-refractivity contribution is 0.0950. The molecule has 0 atom stereocenters. The molecule has 1 aromatic heterocycles. The van der Waals surface area contributed by atoms with Gasteiger partial charge in [0, 0.05) is 5.56 Å². The van der Waals surface area contributed by atoms with Crippen LogP contribution in [0.1, 0.15) is 42.0 Å². The minimum absolute atomic E-state index is 0.134. The maximum atomic E-state index is 11.9. The summed E-state index contributed by atoms with van der Waals surface area (Å²) in [5.41, 5.74) is 1.90. The van der Waals surface area contributed by atoms with E-state index in [1.54, 1.807) is 0 Å². The van der Waals surface area contributed by atoms with Crippen LogP contribution in [0.4, 0.5) is 0 Å². The third-order valence-corrected chi connectivity index (χ3v) is 3.02. The van der Waals surface area contributed by atoms with Crippen molar-refractivity contribution < 1.29 is 4.79 Å². The molecule has 0 radical (unpaired) electrons. The first-order valence-corrected chi connectivity index (χ1v) is 6.74. The molecule has 20 heavy (non-hydrogen) atoms. The van der Waals surface area contributed by atoms with Gasteiger partial charge in [0.2, 0.25) is 0 Å². The molecule has 106 valence electrons. The quantitative estimate of drug-likeness (QED) is 0.839. The number of nitrogens with one attached hydrogen (secondary N) is 2. The molecule has 0 saturated carbocycles. The Kier molecular flexibility index (Phi) is 4.81. The van der Waals surface area contributed by atoms with Crippen LogP contribution in [-0.2, 0) is 13.0 Å². The second-order valence-corrected chi connectivity index (χ2v) is 5.14. The molecule has 1 amide bonds. The van der Waals surface area contributed by atoms with Gasteiger partial charge in [-0.1, -0.05) is 31.2 Å². The maximum absolute atomic E-state index is 11.9. The number of aromatic nitrogens is 4. The van der Waals surface area contributed by atoms with E-state index in [-0.39, 0.29) is 12.5 Å². The zero-order chi connectivity index (χ0) is 14.4. The number of benzene rings is 1. The van der Waals surface area contributed by atoms with E-state index in [9.17, 15) is 4.79 Å². The minimum atomic E-state index is -0.134. The third kappa shape index (κ3) is 4.15. The second-order valence-electron chi connectivity index (χ2n) is 5.14. The normalized spacial score (nSPS) is 10.8. The van der Waals surface area contributed by atoms with Gasteiger partial charge in [-0.05, 0) is 36.5 Å². The molecule has 1 heterocycles. The number of carbonyl (C=O) groups is 1. The first-order chi connectivity index (χ1) is 9.65. The number of hydrogen-bond acceptors (Lipinski definition) is 4. The van der Waals surface area contributed by atoms with Crippen molar-refractivity contribution in [3.8, 4) is 0 Å². The van der Waals surface area contributed by atoms with Gasteiger partial charge in [-0.3, -0.25) is 4.79 Å². The zero-order valence-corrected chi connectivity index (χ0v) is 11.8. The van der Waals surface area contributed by atoms with E-state index < -0.39 is 0 Å². The molecule has 2 N–H and O–H groups in total. The SMILES string of the molecule is CC(C)CCc1ccc(C(=O)NCc2nn[nH]n2)cc1. The van der Waals surface area contributed by atoms with Crippen LogP contribution in [0.3, 0.4) is 0 Å². The summed E-state index contributed by atoms with van der Waals surface area (Å²) in [6.07, 6.45) is 2.20. The molecule has 2 aromatic rings. The molecular formula is C14H19N5O. The van der Waals surface area contributed by atoms with Crippen LogP contribution in [0, 0.1) is 5.92 Å². The van der Waals surface area contributed by atoms with Crippen molar-refractivity contribution in [1.29, 1.82) is 0 Å². The Bertz CT molecular complexity index is 533. The average molecular weight is 273 g/mol. The number of hydrogen-bond donors (Lipinski definition) is 2. The topological polar surface area (TPSA) is 83.6 Å². The smallest absolute Gasteiger partial charge is 0.251 e. The third-order valence-electron chi connectivity index (χ3n) is 3.02. The van der Waals surface area contributed by atoms with Crippen molar-refractivity contribution in [2.75, 3.05) is 0 Å². The Morgan fingerprint density at radius 3 is 2.65 bits per heavy atom. The Morgan fingerprint density at radius 1 is 1.30 bits per heavy atom. The Labute approximate surface area is 118 Å². The molecule has 0 aliphatic rings. The van der Waals surface area contributed by atoms with Crippen molar-refractivity contribution in [3.05, 3.63) is 41.2 Å².